The highest BCUT2D eigenvalue weighted by Gasteiger charge is 2.08. The molecular weight excluding hydrogens is 376 g/mol. The number of amides is 2. The maximum Gasteiger partial charge on any atom is 0.269 e. The first-order valence-electron chi connectivity index (χ1n) is 7.00. The zero-order valence-corrected chi connectivity index (χ0v) is 15.3. The molecule has 0 saturated carbocycles. The minimum absolute atomic E-state index is 0.241. The van der Waals surface area contributed by atoms with E-state index in [0.29, 0.717) is 5.56 Å². The van der Waals surface area contributed by atoms with E-state index in [1.165, 1.54) is 17.3 Å². The number of rotatable bonds is 4. The fourth-order valence-electron chi connectivity index (χ4n) is 1.94. The fraction of sp³-hybridized carbons (Fsp3) is 0.176. The van der Waals surface area contributed by atoms with Crippen LogP contribution >= 0.6 is 27.7 Å². The highest BCUT2D eigenvalue weighted by molar-refractivity contribution is 9.10. The second-order valence-electron chi connectivity index (χ2n) is 5.07. The topological polar surface area (TPSA) is 58.2 Å². The maximum atomic E-state index is 11.9. The van der Waals surface area contributed by atoms with Crippen molar-refractivity contribution in [1.82, 2.24) is 10.9 Å². The molecule has 0 fully saturated rings. The van der Waals surface area contributed by atoms with E-state index in [0.717, 1.165) is 14.9 Å². The van der Waals surface area contributed by atoms with Crippen molar-refractivity contribution in [3.8, 4) is 0 Å². The van der Waals surface area contributed by atoms with Gasteiger partial charge in [-0.2, -0.15) is 0 Å². The molecule has 2 aromatic rings. The molecule has 0 saturated heterocycles. The Morgan fingerprint density at radius 2 is 1.74 bits per heavy atom. The minimum Gasteiger partial charge on any atom is -0.272 e. The van der Waals surface area contributed by atoms with Crippen LogP contribution in [-0.4, -0.2) is 17.6 Å². The second-order valence-corrected chi connectivity index (χ2v) is 7.00. The van der Waals surface area contributed by atoms with Gasteiger partial charge in [-0.1, -0.05) is 33.6 Å². The molecule has 0 spiro atoms. The van der Waals surface area contributed by atoms with E-state index >= 15 is 0 Å². The molecule has 0 heterocycles. The average molecular weight is 393 g/mol. The van der Waals surface area contributed by atoms with Gasteiger partial charge in [0, 0.05) is 14.9 Å². The van der Waals surface area contributed by atoms with Crippen molar-refractivity contribution in [1.29, 1.82) is 0 Å². The van der Waals surface area contributed by atoms with Crippen molar-refractivity contribution >= 4 is 39.5 Å². The Balaban J connectivity index is 1.81. The predicted octanol–water partition coefficient (Wildman–Crippen LogP) is 3.62. The third-order valence-electron chi connectivity index (χ3n) is 3.11. The van der Waals surface area contributed by atoms with Gasteiger partial charge in [-0.05, 0) is 49.7 Å². The molecule has 6 heteroatoms. The standard InChI is InChI=1S/C17H17BrN2O2S/c1-11-3-8-15(12(2)9-11)23-10-16(21)19-20-17(22)13-4-6-14(18)7-5-13/h3-9H,10H2,1-2H3,(H,19,21)(H,20,22). The van der Waals surface area contributed by atoms with Gasteiger partial charge >= 0.3 is 0 Å². The number of aryl methyl sites for hydroxylation is 2. The molecule has 120 valence electrons. The molecule has 2 amide bonds. The lowest BCUT2D eigenvalue weighted by atomic mass is 10.2. The van der Waals surface area contributed by atoms with Crippen LogP contribution in [0.5, 0.6) is 0 Å². The van der Waals surface area contributed by atoms with Crippen molar-refractivity contribution in [3.05, 3.63) is 63.6 Å². The van der Waals surface area contributed by atoms with Gasteiger partial charge < -0.3 is 0 Å². The van der Waals surface area contributed by atoms with Crippen LogP contribution in [0.4, 0.5) is 0 Å². The molecule has 0 unspecified atom stereocenters. The quantitative estimate of drug-likeness (QED) is 0.616. The number of hydrogen-bond donors (Lipinski definition) is 2. The van der Waals surface area contributed by atoms with E-state index in [9.17, 15) is 9.59 Å². The smallest absolute Gasteiger partial charge is 0.269 e. The van der Waals surface area contributed by atoms with E-state index in [4.69, 9.17) is 0 Å². The third kappa shape index (κ3) is 5.41. The number of carbonyl (C=O) groups excluding carboxylic acids is 2. The van der Waals surface area contributed by atoms with Crippen molar-refractivity contribution < 1.29 is 9.59 Å². The summed E-state index contributed by atoms with van der Waals surface area (Å²) >= 11 is 4.75. The molecule has 0 bridgehead atoms. The van der Waals surface area contributed by atoms with Gasteiger partial charge in [-0.3, -0.25) is 20.4 Å². The zero-order chi connectivity index (χ0) is 16.8. The van der Waals surface area contributed by atoms with Gasteiger partial charge in [0.1, 0.15) is 0 Å². The largest absolute Gasteiger partial charge is 0.272 e. The Labute approximate surface area is 148 Å². The van der Waals surface area contributed by atoms with Crippen molar-refractivity contribution in [2.24, 2.45) is 0 Å². The lowest BCUT2D eigenvalue weighted by Crippen LogP contribution is -2.42. The van der Waals surface area contributed by atoms with Crippen LogP contribution in [0.1, 0.15) is 21.5 Å². The van der Waals surface area contributed by atoms with Crippen LogP contribution in [0.15, 0.2) is 51.8 Å². The summed E-state index contributed by atoms with van der Waals surface area (Å²) in [6.07, 6.45) is 0. The predicted molar refractivity (Wildman–Crippen MR) is 96.4 cm³/mol. The average Bonchev–Trinajstić information content (AvgIpc) is 2.52. The summed E-state index contributed by atoms with van der Waals surface area (Å²) in [5.74, 6) is -0.354. The van der Waals surface area contributed by atoms with Gasteiger partial charge in [-0.15, -0.1) is 11.8 Å². The number of benzene rings is 2. The van der Waals surface area contributed by atoms with E-state index in [1.54, 1.807) is 24.3 Å². The van der Waals surface area contributed by atoms with Crippen molar-refractivity contribution in [2.45, 2.75) is 18.7 Å². The lowest BCUT2D eigenvalue weighted by molar-refractivity contribution is -0.119. The summed E-state index contributed by atoms with van der Waals surface area (Å²) in [6.45, 7) is 4.05. The number of carbonyl (C=O) groups is 2. The first kappa shape index (κ1) is 17.6. The third-order valence-corrected chi connectivity index (χ3v) is 4.82. The molecule has 4 nitrogen and oxygen atoms in total. The molecule has 0 aliphatic rings. The molecule has 0 atom stereocenters. The number of nitrogens with one attached hydrogen (secondary N) is 2. The minimum atomic E-state index is -0.345. The van der Waals surface area contributed by atoms with Crippen LogP contribution in [-0.2, 0) is 4.79 Å². The van der Waals surface area contributed by atoms with Gasteiger partial charge in [0.05, 0.1) is 5.75 Å². The first-order chi connectivity index (χ1) is 11.0. The number of hydrazine groups is 1. The maximum absolute atomic E-state index is 11.9. The van der Waals surface area contributed by atoms with E-state index in [1.807, 2.05) is 26.0 Å². The Hall–Kier alpha value is -1.79. The Morgan fingerprint density at radius 3 is 2.39 bits per heavy atom. The Bertz CT molecular complexity index is 717. The summed E-state index contributed by atoms with van der Waals surface area (Å²) in [7, 11) is 0. The van der Waals surface area contributed by atoms with Crippen molar-refractivity contribution in [2.75, 3.05) is 5.75 Å². The SMILES string of the molecule is Cc1ccc(SCC(=O)NNC(=O)c2ccc(Br)cc2)c(C)c1. The number of hydrogen-bond acceptors (Lipinski definition) is 3. The molecule has 2 aromatic carbocycles. The highest BCUT2D eigenvalue weighted by Crippen LogP contribution is 2.22. The van der Waals surface area contributed by atoms with Crippen LogP contribution in [0, 0.1) is 13.8 Å². The Morgan fingerprint density at radius 1 is 1.04 bits per heavy atom. The molecule has 0 aliphatic carbocycles. The lowest BCUT2D eigenvalue weighted by Gasteiger charge is -2.09. The molecule has 2 rings (SSSR count). The van der Waals surface area contributed by atoms with Gasteiger partial charge in [0.2, 0.25) is 5.91 Å². The van der Waals surface area contributed by atoms with Crippen LogP contribution in [0.25, 0.3) is 0 Å². The molecule has 23 heavy (non-hydrogen) atoms. The monoisotopic (exact) mass is 392 g/mol. The van der Waals surface area contributed by atoms with E-state index in [-0.39, 0.29) is 17.6 Å². The van der Waals surface area contributed by atoms with Crippen molar-refractivity contribution in [3.63, 3.8) is 0 Å². The molecule has 0 aliphatic heterocycles. The number of thioether (sulfide) groups is 1. The fourth-order valence-corrected chi connectivity index (χ4v) is 3.01. The second kappa shape index (κ2) is 8.17. The molecular formula is C17H17BrN2O2S. The molecule has 2 N–H and O–H groups in total. The molecule has 0 aromatic heterocycles. The summed E-state index contributed by atoms with van der Waals surface area (Å²) in [5.41, 5.74) is 7.65. The van der Waals surface area contributed by atoms with E-state index in [2.05, 4.69) is 32.8 Å². The normalized spacial score (nSPS) is 10.2. The van der Waals surface area contributed by atoms with Gasteiger partial charge in [0.25, 0.3) is 5.91 Å². The van der Waals surface area contributed by atoms with Gasteiger partial charge in [-0.25, -0.2) is 0 Å². The first-order valence-corrected chi connectivity index (χ1v) is 8.78. The van der Waals surface area contributed by atoms with Crippen LogP contribution in [0.3, 0.4) is 0 Å². The van der Waals surface area contributed by atoms with E-state index < -0.39 is 0 Å². The molecule has 0 radical (unpaired) electrons. The highest BCUT2D eigenvalue weighted by atomic mass is 79.9. The summed E-state index contributed by atoms with van der Waals surface area (Å²) < 4.78 is 0.892. The summed E-state index contributed by atoms with van der Waals surface area (Å²) in [6, 6.07) is 13.0. The van der Waals surface area contributed by atoms with Gasteiger partial charge in [0.15, 0.2) is 0 Å². The van der Waals surface area contributed by atoms with Crippen LogP contribution in [0.2, 0.25) is 0 Å². The Kier molecular flexibility index (Phi) is 6.24. The summed E-state index contributed by atoms with van der Waals surface area (Å²) in [5, 5.41) is 0. The summed E-state index contributed by atoms with van der Waals surface area (Å²) in [4.78, 5) is 24.8. The number of halogens is 1. The van der Waals surface area contributed by atoms with Crippen LogP contribution < -0.4 is 10.9 Å². The zero-order valence-electron chi connectivity index (χ0n) is 12.9.